The van der Waals surface area contributed by atoms with E-state index in [1.54, 1.807) is 0 Å². The van der Waals surface area contributed by atoms with Crippen LogP contribution in [0.2, 0.25) is 0 Å². The highest BCUT2D eigenvalue weighted by Gasteiger charge is 2.38. The van der Waals surface area contributed by atoms with Gasteiger partial charge in [0.1, 0.15) is 0 Å². The maximum atomic E-state index is 10.6. The number of unbranched alkanes of at least 4 members (excludes halogenated alkanes) is 2. The monoisotopic (exact) mass is 345 g/mol. The number of rotatable bonds is 6. The van der Waals surface area contributed by atoms with Crippen molar-refractivity contribution in [2.24, 2.45) is 5.73 Å². The number of alkyl halides is 3. The van der Waals surface area contributed by atoms with E-state index >= 15 is 0 Å². The first-order valence-electron chi connectivity index (χ1n) is 7.50. The van der Waals surface area contributed by atoms with Crippen LogP contribution in [0.1, 0.15) is 36.8 Å². The molecule has 7 heteroatoms. The second-order valence-electron chi connectivity index (χ2n) is 4.88. The predicted molar refractivity (Wildman–Crippen MR) is 85.3 cm³/mol. The third-order valence-electron chi connectivity index (χ3n) is 2.78. The average molecular weight is 345 g/mol. The first-order valence-corrected chi connectivity index (χ1v) is 7.50. The Morgan fingerprint density at radius 1 is 1.21 bits per heavy atom. The lowest BCUT2D eigenvalue weighted by Gasteiger charge is -1.99. The molecule has 0 unspecified atom stereocenters. The molecule has 0 saturated carbocycles. The van der Waals surface area contributed by atoms with Crippen LogP contribution in [0.3, 0.4) is 0 Å². The van der Waals surface area contributed by atoms with Crippen LogP contribution in [-0.4, -0.2) is 35.5 Å². The van der Waals surface area contributed by atoms with Gasteiger partial charge in [-0.1, -0.05) is 24.0 Å². The zero-order valence-corrected chi connectivity index (χ0v) is 13.3. The molecule has 0 atom stereocenters. The van der Waals surface area contributed by atoms with Crippen molar-refractivity contribution >= 4 is 5.97 Å². The fraction of sp³-hybridized carbons (Fsp3) is 0.471. The van der Waals surface area contributed by atoms with Crippen molar-refractivity contribution in [1.29, 1.82) is 0 Å². The largest absolute Gasteiger partial charge is 0.490 e. The Morgan fingerprint density at radius 2 is 1.88 bits per heavy atom. The van der Waals surface area contributed by atoms with Crippen LogP contribution in [0.4, 0.5) is 13.2 Å². The van der Waals surface area contributed by atoms with E-state index in [4.69, 9.17) is 20.7 Å². The second kappa shape index (κ2) is 12.4. The molecule has 0 aliphatic heterocycles. The molecule has 0 amide bonds. The minimum absolute atomic E-state index is 0.260. The van der Waals surface area contributed by atoms with Gasteiger partial charge >= 0.3 is 12.1 Å². The summed E-state index contributed by atoms with van der Waals surface area (Å²) in [5.41, 5.74) is 7.87. The molecule has 4 N–H and O–H groups in total. The number of halogens is 3. The number of hydrogen-bond acceptors (Lipinski definition) is 3. The molecule has 0 aliphatic rings. The van der Waals surface area contributed by atoms with Crippen LogP contribution in [0.5, 0.6) is 0 Å². The van der Waals surface area contributed by atoms with Gasteiger partial charge in [-0.2, -0.15) is 13.2 Å². The van der Waals surface area contributed by atoms with E-state index in [-0.39, 0.29) is 6.61 Å². The molecule has 1 aromatic rings. The molecular weight excluding hydrogens is 323 g/mol. The Kier molecular flexibility index (Phi) is 11.3. The van der Waals surface area contributed by atoms with Gasteiger partial charge in [-0.3, -0.25) is 0 Å². The van der Waals surface area contributed by atoms with Gasteiger partial charge in [0.25, 0.3) is 0 Å². The highest BCUT2D eigenvalue weighted by atomic mass is 19.4. The molecule has 4 nitrogen and oxygen atoms in total. The third kappa shape index (κ3) is 11.5. The zero-order chi connectivity index (χ0) is 18.4. The van der Waals surface area contributed by atoms with E-state index in [1.165, 1.54) is 5.56 Å². The van der Waals surface area contributed by atoms with Gasteiger partial charge in [-0.05, 0) is 49.9 Å². The molecule has 0 radical (unpaired) electrons. The lowest BCUT2D eigenvalue weighted by atomic mass is 10.1. The Bertz CT molecular complexity index is 548. The van der Waals surface area contributed by atoms with Gasteiger partial charge in [0, 0.05) is 18.6 Å². The fourth-order valence-corrected chi connectivity index (χ4v) is 1.60. The summed E-state index contributed by atoms with van der Waals surface area (Å²) in [4.78, 5) is 8.90. The fourth-order valence-electron chi connectivity index (χ4n) is 1.60. The lowest BCUT2D eigenvalue weighted by molar-refractivity contribution is -0.192. The Hall–Kier alpha value is -2.04. The SMILES string of the molecule is NCCCc1cccc(C#CCCCCO)c1.O=C(O)C(F)(F)F. The van der Waals surface area contributed by atoms with Crippen LogP contribution in [0.15, 0.2) is 24.3 Å². The molecule has 24 heavy (non-hydrogen) atoms. The molecule has 0 bridgehead atoms. The van der Waals surface area contributed by atoms with Crippen molar-refractivity contribution in [1.82, 2.24) is 0 Å². The standard InChI is InChI=1S/C15H21NO.C2HF3O2/c16-11-6-10-15-9-5-8-14(13-15)7-3-1-2-4-12-17;3-2(4,5)1(6)7/h5,8-9,13,17H,1-2,4,6,10-12,16H2;(H,6,7). The van der Waals surface area contributed by atoms with Crippen molar-refractivity contribution in [2.45, 2.75) is 38.3 Å². The third-order valence-corrected chi connectivity index (χ3v) is 2.78. The molecule has 0 aromatic heterocycles. The molecule has 0 saturated heterocycles. The van der Waals surface area contributed by atoms with E-state index in [9.17, 15) is 13.2 Å². The average Bonchev–Trinajstić information content (AvgIpc) is 2.53. The molecule has 1 aromatic carbocycles. The number of aliphatic hydroxyl groups is 1. The zero-order valence-electron chi connectivity index (χ0n) is 13.3. The minimum atomic E-state index is -5.08. The summed E-state index contributed by atoms with van der Waals surface area (Å²) in [6, 6.07) is 8.33. The number of aryl methyl sites for hydroxylation is 1. The molecule has 0 aliphatic carbocycles. The Morgan fingerprint density at radius 3 is 2.42 bits per heavy atom. The highest BCUT2D eigenvalue weighted by molar-refractivity contribution is 5.73. The summed E-state index contributed by atoms with van der Waals surface area (Å²) in [5, 5.41) is 15.8. The molecular formula is C17H22F3NO3. The summed E-state index contributed by atoms with van der Waals surface area (Å²) >= 11 is 0. The Balaban J connectivity index is 0.000000640. The summed E-state index contributed by atoms with van der Waals surface area (Å²) in [5.74, 6) is 3.53. The van der Waals surface area contributed by atoms with Crippen LogP contribution >= 0.6 is 0 Å². The van der Waals surface area contributed by atoms with Gasteiger partial charge in [-0.15, -0.1) is 0 Å². The topological polar surface area (TPSA) is 83.5 Å². The molecule has 134 valence electrons. The number of benzene rings is 1. The maximum Gasteiger partial charge on any atom is 0.490 e. The van der Waals surface area contributed by atoms with E-state index in [2.05, 4.69) is 24.0 Å². The predicted octanol–water partition coefficient (Wildman–Crippen LogP) is 2.73. The summed E-state index contributed by atoms with van der Waals surface area (Å²) in [7, 11) is 0. The summed E-state index contributed by atoms with van der Waals surface area (Å²) in [6.45, 7) is 0.993. The summed E-state index contributed by atoms with van der Waals surface area (Å²) in [6.07, 6.45) is -0.376. The van der Waals surface area contributed by atoms with E-state index < -0.39 is 12.1 Å². The number of carboxylic acid groups (broad SMARTS) is 1. The molecule has 0 heterocycles. The number of hydrogen-bond donors (Lipinski definition) is 3. The molecule has 1 rings (SSSR count). The second-order valence-corrected chi connectivity index (χ2v) is 4.88. The van der Waals surface area contributed by atoms with Crippen molar-refractivity contribution < 1.29 is 28.2 Å². The van der Waals surface area contributed by atoms with Crippen LogP contribution in [-0.2, 0) is 11.2 Å². The van der Waals surface area contributed by atoms with Crippen LogP contribution in [0.25, 0.3) is 0 Å². The summed E-state index contributed by atoms with van der Waals surface area (Å²) < 4.78 is 31.7. The van der Waals surface area contributed by atoms with Crippen molar-refractivity contribution in [3.05, 3.63) is 35.4 Å². The first-order chi connectivity index (χ1) is 11.3. The quantitative estimate of drug-likeness (QED) is 0.547. The first kappa shape index (κ1) is 22.0. The highest BCUT2D eigenvalue weighted by Crippen LogP contribution is 2.13. The van der Waals surface area contributed by atoms with Crippen LogP contribution < -0.4 is 5.73 Å². The normalized spacial score (nSPS) is 10.2. The van der Waals surface area contributed by atoms with Crippen molar-refractivity contribution in [3.8, 4) is 11.8 Å². The van der Waals surface area contributed by atoms with Crippen LogP contribution in [0, 0.1) is 11.8 Å². The van der Waals surface area contributed by atoms with Gasteiger partial charge in [-0.25, -0.2) is 4.79 Å². The Labute approximate surface area is 139 Å². The number of carboxylic acids is 1. The number of aliphatic hydroxyl groups excluding tert-OH is 1. The van der Waals surface area contributed by atoms with Gasteiger partial charge in [0.15, 0.2) is 0 Å². The lowest BCUT2D eigenvalue weighted by Crippen LogP contribution is -2.21. The minimum Gasteiger partial charge on any atom is -0.475 e. The van der Waals surface area contributed by atoms with Crippen molar-refractivity contribution in [3.63, 3.8) is 0 Å². The smallest absolute Gasteiger partial charge is 0.475 e. The van der Waals surface area contributed by atoms with Crippen molar-refractivity contribution in [2.75, 3.05) is 13.2 Å². The van der Waals surface area contributed by atoms with Gasteiger partial charge in [0.2, 0.25) is 0 Å². The maximum absolute atomic E-state index is 10.6. The number of aliphatic carboxylic acids is 1. The number of carbonyl (C=O) groups is 1. The van der Waals surface area contributed by atoms with E-state index in [0.29, 0.717) is 0 Å². The van der Waals surface area contributed by atoms with E-state index in [1.807, 2.05) is 12.1 Å². The molecule has 0 spiro atoms. The number of nitrogens with two attached hydrogens (primary N) is 1. The van der Waals surface area contributed by atoms with Gasteiger partial charge < -0.3 is 15.9 Å². The van der Waals surface area contributed by atoms with E-state index in [0.717, 1.165) is 44.2 Å². The van der Waals surface area contributed by atoms with Gasteiger partial charge in [0.05, 0.1) is 0 Å². The molecule has 0 fully saturated rings.